The van der Waals surface area contributed by atoms with Gasteiger partial charge in [0.15, 0.2) is 5.82 Å². The number of nitrogens with zero attached hydrogens (tertiary/aromatic N) is 3. The Balaban J connectivity index is 1.65. The second-order valence-electron chi connectivity index (χ2n) is 5.06. The number of aromatic nitrogens is 3. The van der Waals surface area contributed by atoms with Gasteiger partial charge in [-0.25, -0.2) is 4.98 Å². The third kappa shape index (κ3) is 3.73. The molecule has 24 heavy (non-hydrogen) atoms. The highest BCUT2D eigenvalue weighted by Gasteiger charge is 2.14. The Kier molecular flexibility index (Phi) is 4.76. The maximum atomic E-state index is 12.1. The molecule has 0 aliphatic rings. The van der Waals surface area contributed by atoms with Crippen LogP contribution in [-0.2, 0) is 6.42 Å². The number of carbonyl (C=O) groups is 1. The van der Waals surface area contributed by atoms with Gasteiger partial charge in [-0.05, 0) is 30.2 Å². The van der Waals surface area contributed by atoms with Crippen LogP contribution in [0.4, 0.5) is 0 Å². The van der Waals surface area contributed by atoms with E-state index in [-0.39, 0.29) is 17.3 Å². The van der Waals surface area contributed by atoms with E-state index in [4.69, 9.17) is 0 Å². The van der Waals surface area contributed by atoms with Crippen LogP contribution in [0.5, 0.6) is 5.88 Å². The van der Waals surface area contributed by atoms with Gasteiger partial charge in [0.2, 0.25) is 5.88 Å². The van der Waals surface area contributed by atoms with Gasteiger partial charge in [0.05, 0.1) is 0 Å². The third-order valence-electron chi connectivity index (χ3n) is 3.39. The minimum Gasteiger partial charge on any atom is -0.493 e. The maximum absolute atomic E-state index is 12.1. The molecule has 0 saturated carbocycles. The van der Waals surface area contributed by atoms with E-state index in [1.165, 1.54) is 6.20 Å². The van der Waals surface area contributed by atoms with E-state index in [9.17, 15) is 9.90 Å². The molecule has 0 saturated heterocycles. The van der Waals surface area contributed by atoms with Gasteiger partial charge < -0.3 is 10.4 Å². The molecule has 0 bridgehead atoms. The Bertz CT molecular complexity index is 823. The molecule has 2 heterocycles. The zero-order valence-electron chi connectivity index (χ0n) is 12.8. The van der Waals surface area contributed by atoms with Crippen LogP contribution in [0.15, 0.2) is 54.9 Å². The average Bonchev–Trinajstić information content (AvgIpc) is 2.63. The van der Waals surface area contributed by atoms with Crippen molar-refractivity contribution in [1.82, 2.24) is 20.3 Å². The monoisotopic (exact) mass is 319 g/mol. The highest BCUT2D eigenvalue weighted by molar-refractivity contribution is 5.96. The van der Waals surface area contributed by atoms with Crippen LogP contribution in [-0.4, -0.2) is 32.5 Å². The largest absolute Gasteiger partial charge is 0.493 e. The van der Waals surface area contributed by atoms with Gasteiger partial charge in [0, 0.05) is 18.9 Å². The summed E-state index contributed by atoms with van der Waals surface area (Å²) in [5.74, 6) is -0.509. The number of rotatable bonds is 5. The van der Waals surface area contributed by atoms with E-state index in [1.807, 2.05) is 24.3 Å². The first-order chi connectivity index (χ1) is 11.7. The fourth-order valence-electron chi connectivity index (χ4n) is 2.16. The third-order valence-corrected chi connectivity index (χ3v) is 3.39. The molecule has 6 heteroatoms. The number of benzene rings is 1. The molecule has 0 unspecified atom stereocenters. The van der Waals surface area contributed by atoms with Gasteiger partial charge in [-0.15, -0.1) is 0 Å². The van der Waals surface area contributed by atoms with Crippen LogP contribution in [0.25, 0.3) is 11.5 Å². The summed E-state index contributed by atoms with van der Waals surface area (Å²) in [5, 5.41) is 12.7. The lowest BCUT2D eigenvalue weighted by Crippen LogP contribution is -2.26. The summed E-state index contributed by atoms with van der Waals surface area (Å²) >= 11 is 0. The van der Waals surface area contributed by atoms with Crippen LogP contribution in [0, 0.1) is 6.07 Å². The lowest BCUT2D eigenvalue weighted by molar-refractivity contribution is 0.0950. The van der Waals surface area contributed by atoms with Gasteiger partial charge in [-0.2, -0.15) is 4.98 Å². The fraction of sp³-hybridized carbons (Fsp3) is 0.111. The lowest BCUT2D eigenvalue weighted by atomic mass is 10.1. The first-order valence-corrected chi connectivity index (χ1v) is 7.44. The van der Waals surface area contributed by atoms with E-state index >= 15 is 0 Å². The van der Waals surface area contributed by atoms with Gasteiger partial charge in [-0.1, -0.05) is 30.3 Å². The van der Waals surface area contributed by atoms with Gasteiger partial charge in [-0.3, -0.25) is 9.78 Å². The minimum atomic E-state index is -0.414. The first kappa shape index (κ1) is 15.6. The molecule has 0 aliphatic carbocycles. The van der Waals surface area contributed by atoms with E-state index < -0.39 is 5.91 Å². The number of hydrogen-bond acceptors (Lipinski definition) is 5. The molecule has 1 radical (unpaired) electrons. The van der Waals surface area contributed by atoms with Crippen LogP contribution in [0.3, 0.4) is 0 Å². The summed E-state index contributed by atoms with van der Waals surface area (Å²) in [6, 6.07) is 15.8. The highest BCUT2D eigenvalue weighted by Crippen LogP contribution is 2.18. The Morgan fingerprint density at radius 2 is 2.00 bits per heavy atom. The van der Waals surface area contributed by atoms with E-state index in [0.29, 0.717) is 18.7 Å². The van der Waals surface area contributed by atoms with Crippen LogP contribution in [0.2, 0.25) is 0 Å². The Morgan fingerprint density at radius 3 is 2.71 bits per heavy atom. The number of amides is 1. The average molecular weight is 319 g/mol. The maximum Gasteiger partial charge on any atom is 0.258 e. The topological polar surface area (TPSA) is 88.0 Å². The summed E-state index contributed by atoms with van der Waals surface area (Å²) in [4.78, 5) is 24.3. The number of aromatic hydroxyl groups is 1. The molecule has 2 aromatic heterocycles. The van der Waals surface area contributed by atoms with Crippen molar-refractivity contribution in [3.63, 3.8) is 0 Å². The normalized spacial score (nSPS) is 10.3. The summed E-state index contributed by atoms with van der Waals surface area (Å²) in [6.07, 6.45) is 3.60. The number of pyridine rings is 1. The van der Waals surface area contributed by atoms with Gasteiger partial charge in [0.25, 0.3) is 5.91 Å². The predicted molar refractivity (Wildman–Crippen MR) is 88.2 cm³/mol. The molecular formula is C18H15N4O2. The van der Waals surface area contributed by atoms with Crippen molar-refractivity contribution in [2.24, 2.45) is 0 Å². The Labute approximate surface area is 139 Å². The molecule has 0 fully saturated rings. The highest BCUT2D eigenvalue weighted by atomic mass is 16.3. The fourth-order valence-corrected chi connectivity index (χ4v) is 2.16. The quantitative estimate of drug-likeness (QED) is 0.751. The molecule has 1 amide bonds. The summed E-state index contributed by atoms with van der Waals surface area (Å²) in [5.41, 5.74) is 1.66. The van der Waals surface area contributed by atoms with Crippen molar-refractivity contribution in [2.45, 2.75) is 6.42 Å². The van der Waals surface area contributed by atoms with E-state index in [1.54, 1.807) is 24.4 Å². The number of carbonyl (C=O) groups excluding carboxylic acids is 1. The van der Waals surface area contributed by atoms with Crippen molar-refractivity contribution in [3.05, 3.63) is 72.1 Å². The number of nitrogens with one attached hydrogen (secondary N) is 1. The summed E-state index contributed by atoms with van der Waals surface area (Å²) in [7, 11) is 0. The van der Waals surface area contributed by atoms with Crippen molar-refractivity contribution in [2.75, 3.05) is 6.54 Å². The van der Waals surface area contributed by atoms with Crippen molar-refractivity contribution >= 4 is 5.91 Å². The molecule has 3 rings (SSSR count). The zero-order chi connectivity index (χ0) is 16.8. The molecule has 0 atom stereocenters. The number of hydrogen-bond donors (Lipinski definition) is 2. The Morgan fingerprint density at radius 1 is 1.17 bits per heavy atom. The van der Waals surface area contributed by atoms with Crippen molar-refractivity contribution in [3.8, 4) is 17.4 Å². The lowest BCUT2D eigenvalue weighted by Gasteiger charge is -2.07. The van der Waals surface area contributed by atoms with E-state index in [2.05, 4.69) is 26.3 Å². The molecule has 0 aliphatic heterocycles. The molecule has 1 aromatic carbocycles. The van der Waals surface area contributed by atoms with Crippen LogP contribution < -0.4 is 5.32 Å². The van der Waals surface area contributed by atoms with Gasteiger partial charge >= 0.3 is 0 Å². The molecule has 119 valence electrons. The van der Waals surface area contributed by atoms with Gasteiger partial charge in [0.1, 0.15) is 11.3 Å². The minimum absolute atomic E-state index is 0.0380. The van der Waals surface area contributed by atoms with Crippen molar-refractivity contribution in [1.29, 1.82) is 0 Å². The predicted octanol–water partition coefficient (Wildman–Crippen LogP) is 2.02. The van der Waals surface area contributed by atoms with Crippen molar-refractivity contribution < 1.29 is 9.90 Å². The first-order valence-electron chi connectivity index (χ1n) is 7.44. The Hall–Kier alpha value is -3.28. The zero-order valence-corrected chi connectivity index (χ0v) is 12.8. The molecule has 3 aromatic rings. The van der Waals surface area contributed by atoms with Crippen LogP contribution >= 0.6 is 0 Å². The standard InChI is InChI=1S/C18H15N4O2/c23-17(20-11-9-13-6-2-1-3-7-13)14-12-21-16(22-18(14)24)15-8-4-5-10-19-15/h2-8,10,12H,9,11H2,(H,20,23)(H,21,22,24). The second kappa shape index (κ2) is 7.32. The molecule has 0 spiro atoms. The second-order valence-corrected chi connectivity index (χ2v) is 5.06. The van der Waals surface area contributed by atoms with Crippen LogP contribution in [0.1, 0.15) is 15.9 Å². The molecule has 6 nitrogen and oxygen atoms in total. The summed E-state index contributed by atoms with van der Waals surface area (Å²) < 4.78 is 0. The molecule has 2 N–H and O–H groups in total. The summed E-state index contributed by atoms with van der Waals surface area (Å²) in [6.45, 7) is 0.449. The molecular weight excluding hydrogens is 304 g/mol. The smallest absolute Gasteiger partial charge is 0.258 e. The SMILES string of the molecule is O=C(NCCc1cc[c]cc1)c1cnc(-c2ccccn2)nc1O. The van der Waals surface area contributed by atoms with E-state index in [0.717, 1.165) is 5.56 Å².